The van der Waals surface area contributed by atoms with Crippen LogP contribution < -0.4 is 4.74 Å². The van der Waals surface area contributed by atoms with Gasteiger partial charge in [-0.2, -0.15) is 0 Å². The molecule has 2 heterocycles. The topological polar surface area (TPSA) is 49.9 Å². The molecule has 0 aromatic heterocycles. The third kappa shape index (κ3) is 4.93. The van der Waals surface area contributed by atoms with Gasteiger partial charge in [0.05, 0.1) is 12.2 Å². The molecular formula is C24H34N2O3. The maximum atomic E-state index is 13.0. The molecule has 158 valence electrons. The lowest BCUT2D eigenvalue weighted by Crippen LogP contribution is -2.44. The van der Waals surface area contributed by atoms with Crippen molar-refractivity contribution in [1.29, 1.82) is 0 Å². The van der Waals surface area contributed by atoms with Gasteiger partial charge in [-0.05, 0) is 57.1 Å². The Kier molecular flexibility index (Phi) is 6.73. The Labute approximate surface area is 174 Å². The van der Waals surface area contributed by atoms with Crippen molar-refractivity contribution < 1.29 is 14.3 Å². The van der Waals surface area contributed by atoms with Crippen LogP contribution in [0.25, 0.3) is 0 Å². The van der Waals surface area contributed by atoms with Crippen molar-refractivity contribution in [2.75, 3.05) is 32.8 Å². The average Bonchev–Trinajstić information content (AvgIpc) is 3.33. The van der Waals surface area contributed by atoms with E-state index in [0.717, 1.165) is 64.7 Å². The second kappa shape index (κ2) is 9.64. The number of carbonyl (C=O) groups excluding carboxylic acids is 2. The van der Waals surface area contributed by atoms with Crippen LogP contribution >= 0.6 is 0 Å². The zero-order valence-electron chi connectivity index (χ0n) is 17.5. The first-order chi connectivity index (χ1) is 14.2. The average molecular weight is 399 g/mol. The van der Waals surface area contributed by atoms with Gasteiger partial charge in [0.15, 0.2) is 0 Å². The van der Waals surface area contributed by atoms with E-state index in [2.05, 4.69) is 4.90 Å². The van der Waals surface area contributed by atoms with Crippen molar-refractivity contribution in [3.63, 3.8) is 0 Å². The number of nitrogens with zero attached hydrogens (tertiary/aromatic N) is 2. The molecule has 3 aliphatic rings. The standard InChI is InChI=1S/C24H34N2O3/c27-23(20-10-2-3-11-20)26-16-8-9-19(17-26)18-29-22-13-5-4-12-21(22)24(28)25-14-6-1-7-15-25/h4-5,12-13,19-20H,1-3,6-11,14-18H2. The number of ether oxygens (including phenoxy) is 1. The molecule has 5 nitrogen and oxygen atoms in total. The summed E-state index contributed by atoms with van der Waals surface area (Å²) in [7, 11) is 0. The predicted molar refractivity (Wildman–Crippen MR) is 113 cm³/mol. The number of piperidine rings is 2. The predicted octanol–water partition coefficient (Wildman–Crippen LogP) is 4.12. The monoisotopic (exact) mass is 398 g/mol. The highest BCUT2D eigenvalue weighted by Gasteiger charge is 2.31. The van der Waals surface area contributed by atoms with Crippen molar-refractivity contribution in [3.05, 3.63) is 29.8 Å². The highest BCUT2D eigenvalue weighted by Crippen LogP contribution is 2.29. The third-order valence-corrected chi connectivity index (χ3v) is 6.77. The highest BCUT2D eigenvalue weighted by atomic mass is 16.5. The van der Waals surface area contributed by atoms with Gasteiger partial charge >= 0.3 is 0 Å². The van der Waals surface area contributed by atoms with Crippen LogP contribution in [0.2, 0.25) is 0 Å². The van der Waals surface area contributed by atoms with Crippen molar-refractivity contribution in [2.45, 2.75) is 57.8 Å². The van der Waals surface area contributed by atoms with E-state index in [0.29, 0.717) is 29.7 Å². The van der Waals surface area contributed by atoms with Crippen LogP contribution in [-0.2, 0) is 4.79 Å². The summed E-state index contributed by atoms with van der Waals surface area (Å²) in [4.78, 5) is 29.7. The molecule has 4 rings (SSSR count). The first-order valence-corrected chi connectivity index (χ1v) is 11.5. The van der Waals surface area contributed by atoms with Gasteiger partial charge in [-0.25, -0.2) is 0 Å². The Morgan fingerprint density at radius 2 is 1.59 bits per heavy atom. The molecule has 1 atom stereocenters. The SMILES string of the molecule is O=C(c1ccccc1OCC1CCCN(C(=O)C2CCCC2)C1)N1CCCCC1. The lowest BCUT2D eigenvalue weighted by Gasteiger charge is -2.34. The molecular weight excluding hydrogens is 364 g/mol. The lowest BCUT2D eigenvalue weighted by atomic mass is 9.96. The summed E-state index contributed by atoms with van der Waals surface area (Å²) < 4.78 is 6.16. The van der Waals surface area contributed by atoms with Gasteiger partial charge in [0.1, 0.15) is 5.75 Å². The summed E-state index contributed by atoms with van der Waals surface area (Å²) >= 11 is 0. The van der Waals surface area contributed by atoms with Crippen LogP contribution in [0.15, 0.2) is 24.3 Å². The number of hydrogen-bond donors (Lipinski definition) is 0. The molecule has 2 aliphatic heterocycles. The molecule has 1 unspecified atom stereocenters. The molecule has 3 fully saturated rings. The quantitative estimate of drug-likeness (QED) is 0.750. The zero-order chi connectivity index (χ0) is 20.1. The molecule has 1 aromatic carbocycles. The van der Waals surface area contributed by atoms with Gasteiger partial charge in [-0.3, -0.25) is 9.59 Å². The molecule has 2 saturated heterocycles. The Balaban J connectivity index is 1.35. The number of benzene rings is 1. The largest absolute Gasteiger partial charge is 0.492 e. The number of carbonyl (C=O) groups is 2. The maximum Gasteiger partial charge on any atom is 0.257 e. The summed E-state index contributed by atoms with van der Waals surface area (Å²) in [6.45, 7) is 3.92. The Morgan fingerprint density at radius 1 is 0.862 bits per heavy atom. The number of para-hydroxylation sites is 1. The van der Waals surface area contributed by atoms with E-state index >= 15 is 0 Å². The lowest BCUT2D eigenvalue weighted by molar-refractivity contribution is -0.137. The first kappa shape index (κ1) is 20.2. The van der Waals surface area contributed by atoms with Crippen LogP contribution in [0.3, 0.4) is 0 Å². The molecule has 0 spiro atoms. The fraction of sp³-hybridized carbons (Fsp3) is 0.667. The van der Waals surface area contributed by atoms with E-state index in [9.17, 15) is 9.59 Å². The second-order valence-electron chi connectivity index (χ2n) is 8.93. The van der Waals surface area contributed by atoms with E-state index < -0.39 is 0 Å². The summed E-state index contributed by atoms with van der Waals surface area (Å²) in [6.07, 6.45) is 10.0. The van der Waals surface area contributed by atoms with E-state index in [1.807, 2.05) is 29.2 Å². The number of hydrogen-bond acceptors (Lipinski definition) is 3. The summed E-state index contributed by atoms with van der Waals surface area (Å²) in [5, 5.41) is 0. The van der Waals surface area contributed by atoms with Crippen LogP contribution in [0.5, 0.6) is 5.75 Å². The second-order valence-corrected chi connectivity index (χ2v) is 8.93. The van der Waals surface area contributed by atoms with Gasteiger partial charge in [-0.15, -0.1) is 0 Å². The fourth-order valence-electron chi connectivity index (χ4n) is 5.08. The Bertz CT molecular complexity index is 708. The summed E-state index contributed by atoms with van der Waals surface area (Å²) in [5.41, 5.74) is 0.670. The van der Waals surface area contributed by atoms with Gasteiger partial charge in [0.2, 0.25) is 5.91 Å². The summed E-state index contributed by atoms with van der Waals surface area (Å²) in [6, 6.07) is 7.62. The van der Waals surface area contributed by atoms with Gasteiger partial charge < -0.3 is 14.5 Å². The minimum absolute atomic E-state index is 0.0852. The van der Waals surface area contributed by atoms with Crippen LogP contribution in [0, 0.1) is 11.8 Å². The third-order valence-electron chi connectivity index (χ3n) is 6.77. The molecule has 1 aliphatic carbocycles. The van der Waals surface area contributed by atoms with E-state index in [1.54, 1.807) is 0 Å². The zero-order valence-corrected chi connectivity index (χ0v) is 17.5. The number of amides is 2. The van der Waals surface area contributed by atoms with Crippen LogP contribution in [0.4, 0.5) is 0 Å². The van der Waals surface area contributed by atoms with Crippen LogP contribution in [0.1, 0.15) is 68.1 Å². The highest BCUT2D eigenvalue weighted by molar-refractivity contribution is 5.97. The van der Waals surface area contributed by atoms with Crippen molar-refractivity contribution in [2.24, 2.45) is 11.8 Å². The van der Waals surface area contributed by atoms with Crippen molar-refractivity contribution in [1.82, 2.24) is 9.80 Å². The van der Waals surface area contributed by atoms with Crippen LogP contribution in [-0.4, -0.2) is 54.4 Å². The molecule has 0 radical (unpaired) electrons. The first-order valence-electron chi connectivity index (χ1n) is 11.5. The van der Waals surface area contributed by atoms with E-state index in [1.165, 1.54) is 19.3 Å². The van der Waals surface area contributed by atoms with Crippen molar-refractivity contribution >= 4 is 11.8 Å². The normalized spacial score (nSPS) is 23.2. The molecule has 0 bridgehead atoms. The van der Waals surface area contributed by atoms with Crippen molar-refractivity contribution in [3.8, 4) is 5.75 Å². The fourth-order valence-corrected chi connectivity index (χ4v) is 5.08. The Morgan fingerprint density at radius 3 is 2.38 bits per heavy atom. The minimum atomic E-state index is 0.0852. The minimum Gasteiger partial charge on any atom is -0.492 e. The molecule has 2 amide bonds. The molecule has 5 heteroatoms. The molecule has 0 N–H and O–H groups in total. The molecule has 1 aromatic rings. The smallest absolute Gasteiger partial charge is 0.257 e. The van der Waals surface area contributed by atoms with E-state index in [4.69, 9.17) is 4.74 Å². The van der Waals surface area contributed by atoms with Gasteiger partial charge in [0.25, 0.3) is 5.91 Å². The molecule has 29 heavy (non-hydrogen) atoms. The van der Waals surface area contributed by atoms with Gasteiger partial charge in [-0.1, -0.05) is 25.0 Å². The Hall–Kier alpha value is -2.04. The summed E-state index contributed by atoms with van der Waals surface area (Å²) in [5.74, 6) is 1.71. The van der Waals surface area contributed by atoms with E-state index in [-0.39, 0.29) is 11.8 Å². The maximum absolute atomic E-state index is 13.0. The number of rotatable bonds is 5. The molecule has 1 saturated carbocycles. The van der Waals surface area contributed by atoms with Gasteiger partial charge in [0, 0.05) is 38.0 Å². The number of likely N-dealkylation sites (tertiary alicyclic amines) is 2.